The van der Waals surface area contributed by atoms with Gasteiger partial charge >= 0.3 is 0 Å². The SMILES string of the molecule is CC1(C)CC(c2cc(Cl)cc3[nH]ncc23)CCN1S(C)(=O)=O.CN(C)S(=O)(=O)N1CCN(c2cc(Cl)cc3[nH]ncc23)CC1.COCC(=O)N1CCC(c2cc(Cl)cc3[nH]ncc23)CC1.NS(=O)(=O)N1CCC(c2cc(Cl)cc3[nH]ncc23)CC1. The van der Waals surface area contributed by atoms with Crippen LogP contribution in [0.25, 0.3) is 43.6 Å². The minimum absolute atomic E-state index is 0.0653. The van der Waals surface area contributed by atoms with Gasteiger partial charge in [0.2, 0.25) is 15.9 Å². The number of H-pyrrole nitrogens is 4. The third kappa shape index (κ3) is 15.0. The van der Waals surface area contributed by atoms with Crippen LogP contribution in [0, 0.1) is 0 Å². The lowest BCUT2D eigenvalue weighted by Gasteiger charge is -2.44. The Morgan fingerprint density at radius 1 is 0.588 bits per heavy atom. The van der Waals surface area contributed by atoms with Crippen molar-refractivity contribution < 1.29 is 34.8 Å². The molecule has 4 aromatic carbocycles. The van der Waals surface area contributed by atoms with Crippen molar-refractivity contribution in [3.8, 4) is 0 Å². The summed E-state index contributed by atoms with van der Waals surface area (Å²) in [6.45, 7) is 9.20. The highest BCUT2D eigenvalue weighted by molar-refractivity contribution is 7.88. The number of amides is 1. The number of anilines is 1. The number of hydrogen-bond donors (Lipinski definition) is 5. The summed E-state index contributed by atoms with van der Waals surface area (Å²) in [6.07, 6.45) is 13.4. The van der Waals surface area contributed by atoms with E-state index in [9.17, 15) is 30.0 Å². The molecule has 12 rings (SSSR count). The zero-order valence-electron chi connectivity index (χ0n) is 48.0. The topological polar surface area (TPSA) is 289 Å². The summed E-state index contributed by atoms with van der Waals surface area (Å²) in [5.41, 5.74) is 7.75. The van der Waals surface area contributed by atoms with Gasteiger partial charge in [0.05, 0.1) is 53.1 Å². The van der Waals surface area contributed by atoms with Gasteiger partial charge in [-0.05, 0) is 135 Å². The smallest absolute Gasteiger partial charge is 0.281 e. The number of piperidine rings is 3. The van der Waals surface area contributed by atoms with Gasteiger partial charge in [-0.3, -0.25) is 25.2 Å². The molecular formula is C55H71Cl4N15O8S3. The Morgan fingerprint density at radius 2 is 0.988 bits per heavy atom. The number of methoxy groups -OCH3 is 1. The molecule has 85 heavy (non-hydrogen) atoms. The van der Waals surface area contributed by atoms with Crippen molar-refractivity contribution in [2.45, 2.75) is 75.7 Å². The molecule has 0 saturated carbocycles. The molecule has 0 radical (unpaired) electrons. The number of sulfonamides is 1. The lowest BCUT2D eigenvalue weighted by atomic mass is 9.79. The van der Waals surface area contributed by atoms with E-state index in [0.29, 0.717) is 66.8 Å². The zero-order chi connectivity index (χ0) is 61.2. The van der Waals surface area contributed by atoms with Crippen LogP contribution in [-0.4, -0.2) is 193 Å². The van der Waals surface area contributed by atoms with Crippen molar-refractivity contribution in [1.82, 2.24) is 62.9 Å². The third-order valence-corrected chi connectivity index (χ3v) is 21.7. The number of benzene rings is 4. The average Bonchev–Trinajstić information content (AvgIpc) is 2.50. The first-order chi connectivity index (χ1) is 40.2. The minimum Gasteiger partial charge on any atom is -0.375 e. The van der Waals surface area contributed by atoms with Crippen LogP contribution in [0.2, 0.25) is 20.1 Å². The number of hydrogen-bond acceptors (Lipinski definition) is 13. The Hall–Kier alpha value is -5.20. The molecule has 30 heteroatoms. The molecule has 1 atom stereocenters. The number of aromatic amines is 4. The van der Waals surface area contributed by atoms with Crippen LogP contribution in [0.3, 0.4) is 0 Å². The van der Waals surface area contributed by atoms with Crippen molar-refractivity contribution in [1.29, 1.82) is 0 Å². The molecule has 1 unspecified atom stereocenters. The number of rotatable bonds is 10. The molecule has 460 valence electrons. The van der Waals surface area contributed by atoms with Gasteiger partial charge in [-0.15, -0.1) is 0 Å². The number of likely N-dealkylation sites (tertiary alicyclic amines) is 1. The summed E-state index contributed by atoms with van der Waals surface area (Å²) in [6, 6.07) is 15.3. The number of fused-ring (bicyclic) bond motifs is 4. The monoisotopic (exact) mass is 1310 g/mol. The molecule has 0 spiro atoms. The highest BCUT2D eigenvalue weighted by Gasteiger charge is 2.41. The van der Waals surface area contributed by atoms with Crippen LogP contribution in [0.15, 0.2) is 73.3 Å². The first kappa shape index (κ1) is 64.3. The molecule has 4 aliphatic heterocycles. The predicted octanol–water partition coefficient (Wildman–Crippen LogP) is 8.45. The maximum Gasteiger partial charge on any atom is 0.281 e. The number of ether oxygens (including phenoxy) is 1. The maximum atomic E-state index is 12.2. The molecule has 4 aliphatic rings. The number of piperazine rings is 1. The maximum absolute atomic E-state index is 12.2. The highest BCUT2D eigenvalue weighted by Crippen LogP contribution is 2.42. The number of nitrogens with one attached hydrogen (secondary N) is 4. The standard InChI is InChI=1S/C15H20ClN3O2S.C15H18ClN3O2.C13H18ClN5O2S.C12H15ClN4O2S/c1-15(2)8-10(4-5-19(15)22(3,20)21)12-6-11(16)7-14-13(12)9-17-18-14;1-21-9-15(20)19-4-2-10(3-5-19)12-6-11(16)7-14-13(12)8-17-18-14;1-17(2)22(20,21)19-5-3-18(4-6-19)13-8-10(14)7-12-11(13)9-15-16-12;13-9-5-10(11-7-15-16-12(11)6-9)8-1-3-17(4-2-8)20(14,18)19/h6-7,9-10H,4-5,8H2,1-3H3,(H,17,18);6-8,10H,2-5,9H2,1H3,(H,17,18);7-9H,3-6H2,1-2H3,(H,15,16);5-8H,1-4H2,(H,15,16)(H2,14,18,19). The van der Waals surface area contributed by atoms with Gasteiger partial charge in [0.25, 0.3) is 20.4 Å². The van der Waals surface area contributed by atoms with Crippen LogP contribution in [0.1, 0.15) is 86.8 Å². The van der Waals surface area contributed by atoms with E-state index in [1.54, 1.807) is 37.9 Å². The molecule has 4 saturated heterocycles. The molecule has 0 bridgehead atoms. The fraction of sp³-hybridized carbons (Fsp3) is 0.473. The van der Waals surface area contributed by atoms with E-state index < -0.39 is 36.0 Å². The molecule has 6 N–H and O–H groups in total. The van der Waals surface area contributed by atoms with Crippen molar-refractivity contribution >= 4 is 132 Å². The van der Waals surface area contributed by atoms with Gasteiger partial charge in [-0.2, -0.15) is 54.5 Å². The normalized spacial score (nSPS) is 19.0. The fourth-order valence-electron chi connectivity index (χ4n) is 12.1. The largest absolute Gasteiger partial charge is 0.375 e. The fourth-order valence-corrected chi connectivity index (χ4v) is 16.2. The second-order valence-electron chi connectivity index (χ2n) is 22.6. The van der Waals surface area contributed by atoms with Crippen LogP contribution in [-0.2, 0) is 40.0 Å². The number of aromatic nitrogens is 8. The average molecular weight is 1310 g/mol. The summed E-state index contributed by atoms with van der Waals surface area (Å²) in [7, 11) is -5.48. The van der Waals surface area contributed by atoms with Gasteiger partial charge < -0.3 is 14.5 Å². The molecular weight excluding hydrogens is 1240 g/mol. The summed E-state index contributed by atoms with van der Waals surface area (Å²) in [5.74, 6) is 1.02. The zero-order valence-corrected chi connectivity index (χ0v) is 53.5. The Balaban J connectivity index is 0.000000136. The Kier molecular flexibility index (Phi) is 20.1. The van der Waals surface area contributed by atoms with Crippen molar-refractivity contribution in [2.24, 2.45) is 5.14 Å². The van der Waals surface area contributed by atoms with Gasteiger partial charge in [-0.1, -0.05) is 46.4 Å². The molecule has 0 aliphatic carbocycles. The number of carbonyl (C=O) groups is 1. The molecule has 23 nitrogen and oxygen atoms in total. The van der Waals surface area contributed by atoms with E-state index in [2.05, 4.69) is 45.7 Å². The predicted molar refractivity (Wildman–Crippen MR) is 335 cm³/mol. The summed E-state index contributed by atoms with van der Waals surface area (Å²) in [5, 5.41) is 40.1. The van der Waals surface area contributed by atoms with Gasteiger partial charge in [0.15, 0.2) is 0 Å². The Bertz CT molecular complexity index is 4000. The highest BCUT2D eigenvalue weighted by atomic mass is 35.5. The summed E-state index contributed by atoms with van der Waals surface area (Å²) >= 11 is 24.7. The van der Waals surface area contributed by atoms with Crippen LogP contribution in [0.5, 0.6) is 0 Å². The Labute approximate surface area is 515 Å². The van der Waals surface area contributed by atoms with Gasteiger partial charge in [0, 0.05) is 133 Å². The van der Waals surface area contributed by atoms with Gasteiger partial charge in [-0.25, -0.2) is 13.6 Å². The van der Waals surface area contributed by atoms with E-state index in [0.717, 1.165) is 117 Å². The van der Waals surface area contributed by atoms with Gasteiger partial charge in [0.1, 0.15) is 6.61 Å². The molecule has 1 amide bonds. The number of nitrogens with two attached hydrogens (primary N) is 1. The number of nitrogens with zero attached hydrogens (tertiary/aromatic N) is 10. The molecule has 4 fully saturated rings. The summed E-state index contributed by atoms with van der Waals surface area (Å²) < 4.78 is 81.4. The van der Waals surface area contributed by atoms with Crippen molar-refractivity contribution in [3.05, 3.63) is 110 Å². The first-order valence-electron chi connectivity index (χ1n) is 27.7. The van der Waals surface area contributed by atoms with Crippen LogP contribution in [0.4, 0.5) is 5.69 Å². The first-order valence-corrected chi connectivity index (χ1v) is 33.9. The number of halogens is 4. The van der Waals surface area contributed by atoms with E-state index in [4.69, 9.17) is 56.3 Å². The second kappa shape index (κ2) is 26.6. The minimum atomic E-state index is -3.58. The molecule has 8 aromatic rings. The van der Waals surface area contributed by atoms with Crippen molar-refractivity contribution in [2.75, 3.05) is 97.9 Å². The lowest BCUT2D eigenvalue weighted by molar-refractivity contribution is -0.136. The second-order valence-corrected chi connectivity index (χ2v) is 29.9. The van der Waals surface area contributed by atoms with E-state index in [1.807, 2.05) is 79.7 Å². The van der Waals surface area contributed by atoms with Crippen molar-refractivity contribution in [3.63, 3.8) is 0 Å². The van der Waals surface area contributed by atoms with E-state index in [1.165, 1.54) is 24.7 Å². The lowest BCUT2D eigenvalue weighted by Crippen LogP contribution is -2.51. The van der Waals surface area contributed by atoms with Crippen LogP contribution < -0.4 is 10.0 Å². The molecule has 4 aromatic heterocycles. The summed E-state index contributed by atoms with van der Waals surface area (Å²) in [4.78, 5) is 15.8. The quantitative estimate of drug-likeness (QED) is 0.0860. The number of carbonyl (C=O) groups excluding carboxylic acids is 1. The molecule has 8 heterocycles. The third-order valence-electron chi connectivity index (χ3n) is 16.3. The Morgan fingerprint density at radius 3 is 1.40 bits per heavy atom. The van der Waals surface area contributed by atoms with E-state index >= 15 is 0 Å². The van der Waals surface area contributed by atoms with E-state index in [-0.39, 0.29) is 24.3 Å². The van der Waals surface area contributed by atoms with Crippen LogP contribution >= 0.6 is 46.4 Å².